The summed E-state index contributed by atoms with van der Waals surface area (Å²) in [5.41, 5.74) is 2.55. The second kappa shape index (κ2) is 10.9. The van der Waals surface area contributed by atoms with Gasteiger partial charge in [0.2, 0.25) is 5.91 Å². The number of nitrogens with one attached hydrogen (secondary N) is 2. The quantitative estimate of drug-likeness (QED) is 0.555. The number of aromatic nitrogens is 2. The zero-order valence-corrected chi connectivity index (χ0v) is 20.5. The number of hydrogen-bond donors (Lipinski definition) is 2. The van der Waals surface area contributed by atoms with E-state index in [-0.39, 0.29) is 17.5 Å². The highest BCUT2D eigenvalue weighted by Gasteiger charge is 2.33. The zero-order chi connectivity index (χ0) is 24.1. The number of likely N-dealkylation sites (N-methyl/N-ethyl adjacent to an activating group) is 1. The molecule has 34 heavy (non-hydrogen) atoms. The van der Waals surface area contributed by atoms with Crippen molar-refractivity contribution < 1.29 is 4.79 Å². The molecule has 0 radical (unpaired) electrons. The van der Waals surface area contributed by atoms with Crippen molar-refractivity contribution in [3.05, 3.63) is 53.1 Å². The van der Waals surface area contributed by atoms with Gasteiger partial charge in [0.15, 0.2) is 0 Å². The van der Waals surface area contributed by atoms with Crippen LogP contribution in [0.4, 0.5) is 11.5 Å². The van der Waals surface area contributed by atoms with Crippen molar-refractivity contribution in [1.29, 1.82) is 0 Å². The van der Waals surface area contributed by atoms with Gasteiger partial charge < -0.3 is 25.0 Å². The SMILES string of the molecule is CNc1cc(-c2c[nH]c(=O)c(N(CC3CC3)[C@H]3CCCN(C(=O)C=CCN(C)C)C3)c2)ccn1. The lowest BCUT2D eigenvalue weighted by atomic mass is 10.0. The first-order valence-electron chi connectivity index (χ1n) is 12.2. The molecule has 0 aromatic carbocycles. The van der Waals surface area contributed by atoms with E-state index in [2.05, 4.69) is 20.2 Å². The summed E-state index contributed by atoms with van der Waals surface area (Å²) in [4.78, 5) is 39.3. The summed E-state index contributed by atoms with van der Waals surface area (Å²) >= 11 is 0. The Hall–Kier alpha value is -3.13. The molecule has 2 aromatic rings. The van der Waals surface area contributed by atoms with E-state index in [0.717, 1.165) is 49.4 Å². The number of nitrogens with zero attached hydrogens (tertiary/aromatic N) is 4. The Morgan fingerprint density at radius 1 is 1.26 bits per heavy atom. The summed E-state index contributed by atoms with van der Waals surface area (Å²) in [6.07, 6.45) is 11.4. The number of amides is 1. The van der Waals surface area contributed by atoms with Crippen LogP contribution < -0.4 is 15.8 Å². The van der Waals surface area contributed by atoms with E-state index in [9.17, 15) is 9.59 Å². The fraction of sp³-hybridized carbons (Fsp3) is 0.500. The summed E-state index contributed by atoms with van der Waals surface area (Å²) in [5.74, 6) is 1.45. The Kier molecular flexibility index (Phi) is 7.67. The third kappa shape index (κ3) is 6.05. The standard InChI is InChI=1S/C26H36N6O2/c1-27-24-15-20(10-11-28-24)21-14-23(26(34)29-16-21)32(17-19-8-9-19)22-6-4-13-31(18-22)25(33)7-5-12-30(2)3/h5,7,10-11,14-16,19,22H,4,6,8-9,12-13,17-18H2,1-3H3,(H,27,28)(H,29,34)/t22-/m0/s1. The number of carbonyl (C=O) groups excluding carboxylic acids is 1. The molecule has 1 saturated heterocycles. The topological polar surface area (TPSA) is 84.6 Å². The minimum absolute atomic E-state index is 0.0527. The van der Waals surface area contributed by atoms with Crippen molar-refractivity contribution >= 4 is 17.4 Å². The molecule has 1 amide bonds. The van der Waals surface area contributed by atoms with Crippen LogP contribution in [0.2, 0.25) is 0 Å². The molecule has 2 aromatic heterocycles. The van der Waals surface area contributed by atoms with Crippen molar-refractivity contribution in [2.75, 3.05) is 57.5 Å². The van der Waals surface area contributed by atoms with Crippen LogP contribution >= 0.6 is 0 Å². The van der Waals surface area contributed by atoms with Crippen molar-refractivity contribution in [3.8, 4) is 11.1 Å². The van der Waals surface area contributed by atoms with E-state index in [1.165, 1.54) is 12.8 Å². The van der Waals surface area contributed by atoms with Gasteiger partial charge in [0, 0.05) is 63.3 Å². The molecule has 2 fully saturated rings. The number of H-pyrrole nitrogens is 1. The number of pyridine rings is 2. The predicted molar refractivity (Wildman–Crippen MR) is 137 cm³/mol. The van der Waals surface area contributed by atoms with E-state index >= 15 is 0 Å². The second-order valence-electron chi connectivity index (χ2n) is 9.62. The highest BCUT2D eigenvalue weighted by Crippen LogP contribution is 2.34. The van der Waals surface area contributed by atoms with E-state index in [0.29, 0.717) is 18.2 Å². The molecule has 0 unspecified atom stereocenters. The van der Waals surface area contributed by atoms with Gasteiger partial charge >= 0.3 is 0 Å². The lowest BCUT2D eigenvalue weighted by Gasteiger charge is -2.40. The lowest BCUT2D eigenvalue weighted by molar-refractivity contribution is -0.127. The molecular weight excluding hydrogens is 428 g/mol. The summed E-state index contributed by atoms with van der Waals surface area (Å²) < 4.78 is 0. The number of anilines is 2. The first kappa shape index (κ1) is 24.0. The predicted octanol–water partition coefficient (Wildman–Crippen LogP) is 2.80. The minimum Gasteiger partial charge on any atom is -0.373 e. The van der Waals surface area contributed by atoms with Gasteiger partial charge in [0.1, 0.15) is 11.5 Å². The smallest absolute Gasteiger partial charge is 0.271 e. The van der Waals surface area contributed by atoms with Crippen LogP contribution in [0.3, 0.4) is 0 Å². The maximum absolute atomic E-state index is 13.0. The Balaban J connectivity index is 1.58. The minimum atomic E-state index is -0.0818. The van der Waals surface area contributed by atoms with Crippen LogP contribution in [0.25, 0.3) is 11.1 Å². The van der Waals surface area contributed by atoms with Gasteiger partial charge in [0.05, 0.1) is 0 Å². The van der Waals surface area contributed by atoms with E-state index in [1.54, 1.807) is 18.5 Å². The normalized spacial score (nSPS) is 18.5. The molecule has 1 saturated carbocycles. The Bertz CT molecular complexity index is 1070. The molecule has 0 bridgehead atoms. The highest BCUT2D eigenvalue weighted by molar-refractivity contribution is 5.87. The molecule has 8 nitrogen and oxygen atoms in total. The van der Waals surface area contributed by atoms with Crippen LogP contribution in [-0.2, 0) is 4.79 Å². The average Bonchev–Trinajstić information content (AvgIpc) is 3.67. The van der Waals surface area contributed by atoms with Crippen molar-refractivity contribution in [3.63, 3.8) is 0 Å². The maximum Gasteiger partial charge on any atom is 0.271 e. The Morgan fingerprint density at radius 3 is 2.82 bits per heavy atom. The van der Waals surface area contributed by atoms with Crippen molar-refractivity contribution in [2.45, 2.75) is 31.7 Å². The summed E-state index contributed by atoms with van der Waals surface area (Å²) in [5, 5.41) is 3.07. The number of piperidine rings is 1. The van der Waals surface area contributed by atoms with Gasteiger partial charge in [-0.3, -0.25) is 9.59 Å². The molecule has 3 heterocycles. The fourth-order valence-corrected chi connectivity index (χ4v) is 4.50. The lowest BCUT2D eigenvalue weighted by Crippen LogP contribution is -2.51. The summed E-state index contributed by atoms with van der Waals surface area (Å²) in [6.45, 7) is 3.00. The summed E-state index contributed by atoms with van der Waals surface area (Å²) in [7, 11) is 5.81. The first-order chi connectivity index (χ1) is 16.4. The third-order valence-corrected chi connectivity index (χ3v) is 6.57. The van der Waals surface area contributed by atoms with Crippen LogP contribution in [0.15, 0.2) is 47.5 Å². The van der Waals surface area contributed by atoms with Crippen LogP contribution in [0.1, 0.15) is 25.7 Å². The molecule has 1 atom stereocenters. The Morgan fingerprint density at radius 2 is 2.09 bits per heavy atom. The zero-order valence-electron chi connectivity index (χ0n) is 20.5. The second-order valence-corrected chi connectivity index (χ2v) is 9.62. The largest absolute Gasteiger partial charge is 0.373 e. The van der Waals surface area contributed by atoms with Gasteiger partial charge in [-0.15, -0.1) is 0 Å². The number of rotatable bonds is 9. The molecule has 1 aliphatic carbocycles. The van der Waals surface area contributed by atoms with Crippen LogP contribution in [-0.4, -0.2) is 79.0 Å². The Labute approximate surface area is 201 Å². The van der Waals surface area contributed by atoms with Gasteiger partial charge in [-0.1, -0.05) is 6.08 Å². The number of hydrogen-bond acceptors (Lipinski definition) is 6. The van der Waals surface area contributed by atoms with Crippen molar-refractivity contribution in [2.24, 2.45) is 5.92 Å². The van der Waals surface area contributed by atoms with Gasteiger partial charge in [-0.05, 0) is 69.5 Å². The first-order valence-corrected chi connectivity index (χ1v) is 12.2. The highest BCUT2D eigenvalue weighted by atomic mass is 16.2. The van der Waals surface area contributed by atoms with Crippen LogP contribution in [0, 0.1) is 5.92 Å². The van der Waals surface area contributed by atoms with Crippen LogP contribution in [0.5, 0.6) is 0 Å². The third-order valence-electron chi connectivity index (χ3n) is 6.57. The number of likely N-dealkylation sites (tertiary alicyclic amines) is 1. The molecule has 4 rings (SSSR count). The molecule has 1 aliphatic heterocycles. The van der Waals surface area contributed by atoms with Gasteiger partial charge in [-0.25, -0.2) is 4.98 Å². The van der Waals surface area contributed by atoms with E-state index in [1.807, 2.05) is 55.2 Å². The fourth-order valence-electron chi connectivity index (χ4n) is 4.50. The monoisotopic (exact) mass is 464 g/mol. The summed E-state index contributed by atoms with van der Waals surface area (Å²) in [6, 6.07) is 6.05. The molecule has 2 aliphatic rings. The van der Waals surface area contributed by atoms with Crippen molar-refractivity contribution in [1.82, 2.24) is 19.8 Å². The van der Waals surface area contributed by atoms with E-state index < -0.39 is 0 Å². The molecule has 182 valence electrons. The number of carbonyl (C=O) groups is 1. The molecule has 0 spiro atoms. The average molecular weight is 465 g/mol. The van der Waals surface area contributed by atoms with Gasteiger partial charge in [0.25, 0.3) is 5.56 Å². The van der Waals surface area contributed by atoms with E-state index in [4.69, 9.17) is 0 Å². The molecular formula is C26H36N6O2. The molecule has 8 heteroatoms. The van der Waals surface area contributed by atoms with Gasteiger partial charge in [-0.2, -0.15) is 0 Å². The maximum atomic E-state index is 13.0. The number of aromatic amines is 1. The molecule has 2 N–H and O–H groups in total.